The summed E-state index contributed by atoms with van der Waals surface area (Å²) in [7, 11) is 3.59. The van der Waals surface area contributed by atoms with Crippen molar-refractivity contribution in [3.05, 3.63) is 34.6 Å². The molecule has 0 atom stereocenters. The Kier molecular flexibility index (Phi) is 4.46. The third-order valence-electron chi connectivity index (χ3n) is 3.88. The van der Waals surface area contributed by atoms with Gasteiger partial charge >= 0.3 is 0 Å². The number of rotatable bonds is 4. The highest BCUT2D eigenvalue weighted by Crippen LogP contribution is 2.36. The SMILES string of the molecule is CCc1nc(NC)c(C)c(-c2ccc(C)c(C)c2OC)n1. The molecule has 0 bridgehead atoms. The number of nitrogens with one attached hydrogen (secondary N) is 1. The monoisotopic (exact) mass is 285 g/mol. The van der Waals surface area contributed by atoms with E-state index in [4.69, 9.17) is 9.72 Å². The number of hydrogen-bond donors (Lipinski definition) is 1. The largest absolute Gasteiger partial charge is 0.496 e. The fraction of sp³-hybridized carbons (Fsp3) is 0.412. The van der Waals surface area contributed by atoms with Crippen molar-refractivity contribution in [3.8, 4) is 17.0 Å². The number of anilines is 1. The first-order valence-corrected chi connectivity index (χ1v) is 7.23. The molecule has 1 aromatic carbocycles. The second-order valence-electron chi connectivity index (χ2n) is 5.15. The summed E-state index contributed by atoms with van der Waals surface area (Å²) < 4.78 is 5.63. The highest BCUT2D eigenvalue weighted by Gasteiger charge is 2.17. The standard InChI is InChI=1S/C17H23N3O/c1-7-14-19-15(12(4)17(18-5)20-14)13-9-8-10(2)11(3)16(13)21-6/h8-9H,7H2,1-6H3,(H,18,19,20). The number of aryl methyl sites for hydroxylation is 2. The summed E-state index contributed by atoms with van der Waals surface area (Å²) >= 11 is 0. The van der Waals surface area contributed by atoms with Crippen LogP contribution < -0.4 is 10.1 Å². The number of hydrogen-bond acceptors (Lipinski definition) is 4. The second kappa shape index (κ2) is 6.12. The van der Waals surface area contributed by atoms with Gasteiger partial charge in [0.2, 0.25) is 0 Å². The summed E-state index contributed by atoms with van der Waals surface area (Å²) in [5.74, 6) is 2.60. The summed E-state index contributed by atoms with van der Waals surface area (Å²) in [6.45, 7) is 8.26. The van der Waals surface area contributed by atoms with Gasteiger partial charge in [0.05, 0.1) is 12.8 Å². The average Bonchev–Trinajstić information content (AvgIpc) is 2.50. The van der Waals surface area contributed by atoms with E-state index >= 15 is 0 Å². The molecule has 0 fully saturated rings. The third-order valence-corrected chi connectivity index (χ3v) is 3.88. The molecule has 0 radical (unpaired) electrons. The van der Waals surface area contributed by atoms with Crippen LogP contribution in [-0.4, -0.2) is 24.1 Å². The molecule has 1 N–H and O–H groups in total. The highest BCUT2D eigenvalue weighted by atomic mass is 16.5. The van der Waals surface area contributed by atoms with Gasteiger partial charge in [0.15, 0.2) is 0 Å². The van der Waals surface area contributed by atoms with Crippen LogP contribution in [0, 0.1) is 20.8 Å². The zero-order chi connectivity index (χ0) is 15.6. The van der Waals surface area contributed by atoms with Crippen LogP contribution in [0.2, 0.25) is 0 Å². The van der Waals surface area contributed by atoms with Gasteiger partial charge in [-0.05, 0) is 38.0 Å². The van der Waals surface area contributed by atoms with Crippen LogP contribution in [0.15, 0.2) is 12.1 Å². The van der Waals surface area contributed by atoms with E-state index < -0.39 is 0 Å². The van der Waals surface area contributed by atoms with E-state index in [0.717, 1.165) is 46.2 Å². The highest BCUT2D eigenvalue weighted by molar-refractivity contribution is 5.75. The van der Waals surface area contributed by atoms with E-state index in [1.54, 1.807) is 7.11 Å². The number of aromatic nitrogens is 2. The quantitative estimate of drug-likeness (QED) is 0.931. The van der Waals surface area contributed by atoms with Crippen molar-refractivity contribution in [2.75, 3.05) is 19.5 Å². The molecule has 0 spiro atoms. The molecule has 0 aliphatic carbocycles. The lowest BCUT2D eigenvalue weighted by atomic mass is 9.99. The number of ether oxygens (including phenoxy) is 1. The predicted octanol–water partition coefficient (Wildman–Crippen LogP) is 3.68. The molecule has 112 valence electrons. The van der Waals surface area contributed by atoms with Gasteiger partial charge in [-0.3, -0.25) is 0 Å². The Hall–Kier alpha value is -2.10. The smallest absolute Gasteiger partial charge is 0.133 e. The first-order valence-electron chi connectivity index (χ1n) is 7.23. The molecule has 0 saturated heterocycles. The minimum absolute atomic E-state index is 0.801. The van der Waals surface area contributed by atoms with Crippen molar-refractivity contribution >= 4 is 5.82 Å². The molecule has 2 aromatic rings. The van der Waals surface area contributed by atoms with Gasteiger partial charge < -0.3 is 10.1 Å². The van der Waals surface area contributed by atoms with Crippen molar-refractivity contribution in [3.63, 3.8) is 0 Å². The summed E-state index contributed by atoms with van der Waals surface area (Å²) in [5.41, 5.74) is 5.36. The molecule has 0 unspecified atom stereocenters. The molecule has 0 aliphatic heterocycles. The van der Waals surface area contributed by atoms with Gasteiger partial charge in [-0.25, -0.2) is 9.97 Å². The van der Waals surface area contributed by atoms with Crippen LogP contribution in [0.25, 0.3) is 11.3 Å². The molecule has 1 aromatic heterocycles. The molecule has 1 heterocycles. The normalized spacial score (nSPS) is 10.6. The van der Waals surface area contributed by atoms with E-state index in [9.17, 15) is 0 Å². The zero-order valence-corrected chi connectivity index (χ0v) is 13.7. The summed E-state index contributed by atoms with van der Waals surface area (Å²) in [5, 5.41) is 3.15. The Bertz CT molecular complexity index is 666. The minimum atomic E-state index is 0.801. The van der Waals surface area contributed by atoms with Crippen molar-refractivity contribution in [1.29, 1.82) is 0 Å². The molecule has 21 heavy (non-hydrogen) atoms. The van der Waals surface area contributed by atoms with E-state index in [2.05, 4.69) is 43.2 Å². The average molecular weight is 285 g/mol. The lowest BCUT2D eigenvalue weighted by Crippen LogP contribution is -2.05. The molecule has 4 heteroatoms. The maximum atomic E-state index is 5.63. The summed E-state index contributed by atoms with van der Waals surface area (Å²) in [6, 6.07) is 4.19. The van der Waals surface area contributed by atoms with Gasteiger partial charge in [0.1, 0.15) is 17.4 Å². The van der Waals surface area contributed by atoms with Crippen LogP contribution in [-0.2, 0) is 6.42 Å². The number of methoxy groups -OCH3 is 1. The van der Waals surface area contributed by atoms with Crippen molar-refractivity contribution in [2.45, 2.75) is 34.1 Å². The van der Waals surface area contributed by atoms with Gasteiger partial charge in [0.25, 0.3) is 0 Å². The lowest BCUT2D eigenvalue weighted by Gasteiger charge is -2.16. The number of nitrogens with zero attached hydrogens (tertiary/aromatic N) is 2. The first-order chi connectivity index (χ1) is 10.0. The fourth-order valence-corrected chi connectivity index (χ4v) is 2.47. The Labute approximate surface area is 126 Å². The van der Waals surface area contributed by atoms with Gasteiger partial charge in [-0.15, -0.1) is 0 Å². The van der Waals surface area contributed by atoms with Crippen LogP contribution in [0.1, 0.15) is 29.4 Å². The van der Waals surface area contributed by atoms with E-state index in [1.165, 1.54) is 5.56 Å². The molecular weight excluding hydrogens is 262 g/mol. The molecule has 0 amide bonds. The Morgan fingerprint density at radius 3 is 2.38 bits per heavy atom. The number of benzene rings is 1. The van der Waals surface area contributed by atoms with E-state index in [0.29, 0.717) is 0 Å². The summed E-state index contributed by atoms with van der Waals surface area (Å²) in [6.07, 6.45) is 0.801. The summed E-state index contributed by atoms with van der Waals surface area (Å²) in [4.78, 5) is 9.25. The molecule has 2 rings (SSSR count). The molecule has 0 saturated carbocycles. The Morgan fingerprint density at radius 2 is 1.81 bits per heavy atom. The molecular formula is C17H23N3O. The van der Waals surface area contributed by atoms with Crippen LogP contribution in [0.4, 0.5) is 5.82 Å². The zero-order valence-electron chi connectivity index (χ0n) is 13.7. The maximum Gasteiger partial charge on any atom is 0.133 e. The predicted molar refractivity (Wildman–Crippen MR) is 87.2 cm³/mol. The van der Waals surface area contributed by atoms with E-state index in [-0.39, 0.29) is 0 Å². The molecule has 4 nitrogen and oxygen atoms in total. The fourth-order valence-electron chi connectivity index (χ4n) is 2.47. The Morgan fingerprint density at radius 1 is 1.10 bits per heavy atom. The minimum Gasteiger partial charge on any atom is -0.496 e. The van der Waals surface area contributed by atoms with Gasteiger partial charge in [0, 0.05) is 24.6 Å². The van der Waals surface area contributed by atoms with E-state index in [1.807, 2.05) is 14.0 Å². The first kappa shape index (κ1) is 15.3. The van der Waals surface area contributed by atoms with Crippen LogP contribution in [0.3, 0.4) is 0 Å². The van der Waals surface area contributed by atoms with Gasteiger partial charge in [-0.2, -0.15) is 0 Å². The van der Waals surface area contributed by atoms with Crippen molar-refractivity contribution in [1.82, 2.24) is 9.97 Å². The Balaban J connectivity index is 2.75. The molecule has 0 aliphatic rings. The lowest BCUT2D eigenvalue weighted by molar-refractivity contribution is 0.413. The van der Waals surface area contributed by atoms with Crippen molar-refractivity contribution < 1.29 is 4.74 Å². The van der Waals surface area contributed by atoms with Crippen molar-refractivity contribution in [2.24, 2.45) is 0 Å². The topological polar surface area (TPSA) is 47.0 Å². The maximum absolute atomic E-state index is 5.63. The van der Waals surface area contributed by atoms with Gasteiger partial charge in [-0.1, -0.05) is 13.0 Å². The third kappa shape index (κ3) is 2.71. The van der Waals surface area contributed by atoms with Crippen LogP contribution >= 0.6 is 0 Å². The van der Waals surface area contributed by atoms with Crippen LogP contribution in [0.5, 0.6) is 5.75 Å². The second-order valence-corrected chi connectivity index (χ2v) is 5.15.